The second-order valence-electron chi connectivity index (χ2n) is 8.30. The Labute approximate surface area is 202 Å². The smallest absolute Gasteiger partial charge is 0.322 e. The van der Waals surface area contributed by atoms with Crippen LogP contribution < -0.4 is 21.7 Å². The molecule has 0 aliphatic rings. The maximum Gasteiger partial charge on any atom is 0.322 e. The number of aromatic hydroxyl groups is 1. The summed E-state index contributed by atoms with van der Waals surface area (Å²) >= 11 is 0. The van der Waals surface area contributed by atoms with Gasteiger partial charge in [0.2, 0.25) is 17.7 Å². The van der Waals surface area contributed by atoms with Gasteiger partial charge in [-0.3, -0.25) is 19.2 Å². The van der Waals surface area contributed by atoms with Gasteiger partial charge in [0.25, 0.3) is 0 Å². The molecule has 0 saturated heterocycles. The molecule has 0 radical (unpaired) electrons. The third kappa shape index (κ3) is 8.74. The van der Waals surface area contributed by atoms with Crippen molar-refractivity contribution in [3.05, 3.63) is 48.0 Å². The van der Waals surface area contributed by atoms with E-state index < -0.39 is 48.4 Å². The van der Waals surface area contributed by atoms with Gasteiger partial charge in [0, 0.05) is 24.7 Å². The molecule has 0 aliphatic carbocycles. The normalized spacial score (nSPS) is 14.3. The number of phenols is 1. The molecule has 1 aromatic carbocycles. The Balaban J connectivity index is 2.23. The van der Waals surface area contributed by atoms with E-state index in [0.717, 1.165) is 0 Å². The number of hydrogen-bond donors (Lipinski definition) is 7. The van der Waals surface area contributed by atoms with E-state index in [1.807, 2.05) is 13.8 Å². The van der Waals surface area contributed by atoms with E-state index in [9.17, 15) is 24.3 Å². The van der Waals surface area contributed by atoms with Crippen molar-refractivity contribution in [3.8, 4) is 5.75 Å². The van der Waals surface area contributed by atoms with Gasteiger partial charge in [-0.1, -0.05) is 32.4 Å². The van der Waals surface area contributed by atoms with Gasteiger partial charge in [0.1, 0.15) is 24.4 Å². The fraction of sp³-hybridized carbons (Fsp3) is 0.435. The average molecular weight is 489 g/mol. The van der Waals surface area contributed by atoms with Gasteiger partial charge in [-0.25, -0.2) is 4.98 Å². The van der Waals surface area contributed by atoms with Crippen LogP contribution in [0.1, 0.15) is 31.5 Å². The Morgan fingerprint density at radius 3 is 2.23 bits per heavy atom. The van der Waals surface area contributed by atoms with Crippen molar-refractivity contribution in [3.63, 3.8) is 0 Å². The van der Waals surface area contributed by atoms with Gasteiger partial charge >= 0.3 is 5.97 Å². The van der Waals surface area contributed by atoms with E-state index in [2.05, 4.69) is 25.9 Å². The van der Waals surface area contributed by atoms with E-state index in [1.165, 1.54) is 24.7 Å². The van der Waals surface area contributed by atoms with Crippen LogP contribution in [0.5, 0.6) is 5.75 Å². The number of hydrogen-bond acceptors (Lipinski definition) is 7. The van der Waals surface area contributed by atoms with Crippen LogP contribution >= 0.6 is 0 Å². The zero-order chi connectivity index (χ0) is 26.0. The molecular weight excluding hydrogens is 456 g/mol. The van der Waals surface area contributed by atoms with Gasteiger partial charge < -0.3 is 36.9 Å². The monoisotopic (exact) mass is 488 g/mol. The van der Waals surface area contributed by atoms with Crippen LogP contribution in [-0.4, -0.2) is 68.5 Å². The summed E-state index contributed by atoms with van der Waals surface area (Å²) in [6.45, 7) is 3.10. The summed E-state index contributed by atoms with van der Waals surface area (Å²) in [5.41, 5.74) is 7.23. The van der Waals surface area contributed by atoms with Gasteiger partial charge in [-0.05, 0) is 23.6 Å². The first-order valence-corrected chi connectivity index (χ1v) is 11.2. The lowest BCUT2D eigenvalue weighted by Gasteiger charge is -2.25. The van der Waals surface area contributed by atoms with Gasteiger partial charge in [0.05, 0.1) is 12.4 Å². The number of amides is 3. The number of carbonyl (C=O) groups is 4. The van der Waals surface area contributed by atoms with Crippen LogP contribution in [0.2, 0.25) is 0 Å². The van der Waals surface area contributed by atoms with Crippen LogP contribution in [0.15, 0.2) is 36.8 Å². The Morgan fingerprint density at radius 2 is 1.66 bits per heavy atom. The van der Waals surface area contributed by atoms with Gasteiger partial charge in [-0.15, -0.1) is 0 Å². The zero-order valence-electron chi connectivity index (χ0n) is 19.7. The lowest BCUT2D eigenvalue weighted by atomic mass is 9.98. The molecule has 1 heterocycles. The van der Waals surface area contributed by atoms with Crippen LogP contribution in [0, 0.1) is 5.92 Å². The van der Waals surface area contributed by atoms with Crippen molar-refractivity contribution in [2.45, 2.75) is 51.2 Å². The van der Waals surface area contributed by atoms with Crippen molar-refractivity contribution in [1.29, 1.82) is 0 Å². The largest absolute Gasteiger partial charge is 0.508 e. The average Bonchev–Trinajstić information content (AvgIpc) is 3.34. The third-order valence-corrected chi connectivity index (χ3v) is 5.59. The number of rotatable bonds is 13. The summed E-state index contributed by atoms with van der Waals surface area (Å²) < 4.78 is 0. The van der Waals surface area contributed by atoms with Crippen molar-refractivity contribution < 1.29 is 29.4 Å². The van der Waals surface area contributed by atoms with Crippen LogP contribution in [0.3, 0.4) is 0 Å². The molecule has 0 fully saturated rings. The van der Waals surface area contributed by atoms with Crippen LogP contribution in [0.25, 0.3) is 0 Å². The highest BCUT2D eigenvalue weighted by atomic mass is 16.4. The molecule has 0 aliphatic heterocycles. The summed E-state index contributed by atoms with van der Waals surface area (Å²) in [6.07, 6.45) is 3.64. The number of H-pyrrole nitrogens is 1. The summed E-state index contributed by atoms with van der Waals surface area (Å²) in [7, 11) is 0. The van der Waals surface area contributed by atoms with E-state index in [1.54, 1.807) is 12.1 Å². The molecule has 0 bridgehead atoms. The zero-order valence-corrected chi connectivity index (χ0v) is 19.7. The van der Waals surface area contributed by atoms with Gasteiger partial charge in [-0.2, -0.15) is 0 Å². The lowest BCUT2D eigenvalue weighted by Crippen LogP contribution is -2.57. The predicted molar refractivity (Wildman–Crippen MR) is 126 cm³/mol. The number of aromatic nitrogens is 2. The summed E-state index contributed by atoms with van der Waals surface area (Å²) in [5, 5.41) is 25.9. The molecule has 2 rings (SSSR count). The maximum absolute atomic E-state index is 13.3. The number of carboxylic acid groups (broad SMARTS) is 1. The minimum Gasteiger partial charge on any atom is -0.508 e. The molecule has 3 amide bonds. The number of benzene rings is 1. The van der Waals surface area contributed by atoms with E-state index in [4.69, 9.17) is 10.8 Å². The molecule has 35 heavy (non-hydrogen) atoms. The second kappa shape index (κ2) is 13.1. The first-order valence-electron chi connectivity index (χ1n) is 11.2. The number of imidazole rings is 1. The Kier molecular flexibility index (Phi) is 10.2. The van der Waals surface area contributed by atoms with Crippen LogP contribution in [0.4, 0.5) is 0 Å². The van der Waals surface area contributed by atoms with Crippen molar-refractivity contribution in [1.82, 2.24) is 25.9 Å². The SMILES string of the molecule is CCC(C)C(N)C(=O)NC(Cc1ccc(O)cc1)C(=O)NC(Cc1cnc[nH]1)C(=O)NCC(=O)O. The topological polar surface area (TPSA) is 200 Å². The third-order valence-electron chi connectivity index (χ3n) is 5.59. The molecule has 0 spiro atoms. The molecule has 8 N–H and O–H groups in total. The second-order valence-corrected chi connectivity index (χ2v) is 8.30. The first kappa shape index (κ1) is 27.3. The highest BCUT2D eigenvalue weighted by molar-refractivity contribution is 5.94. The number of nitrogens with two attached hydrogens (primary N) is 1. The molecule has 2 aromatic rings. The standard InChI is InChI=1S/C23H32N6O6/c1-3-13(2)20(24)23(35)29-17(8-14-4-6-16(30)7-5-14)22(34)28-18(9-15-10-25-12-27-15)21(33)26-11-19(31)32/h4-7,10,12-13,17-18,20,30H,3,8-9,11,24H2,1-2H3,(H,25,27)(H,26,33)(H,28,34)(H,29,35)(H,31,32). The lowest BCUT2D eigenvalue weighted by molar-refractivity contribution is -0.138. The highest BCUT2D eigenvalue weighted by Gasteiger charge is 2.30. The number of nitrogens with zero attached hydrogens (tertiary/aromatic N) is 1. The molecule has 4 unspecified atom stereocenters. The van der Waals surface area contributed by atoms with Crippen molar-refractivity contribution >= 4 is 23.7 Å². The number of aromatic amines is 1. The maximum atomic E-state index is 13.3. The van der Waals surface area contributed by atoms with Crippen molar-refractivity contribution in [2.24, 2.45) is 11.7 Å². The van der Waals surface area contributed by atoms with E-state index in [-0.39, 0.29) is 24.5 Å². The van der Waals surface area contributed by atoms with E-state index in [0.29, 0.717) is 17.7 Å². The summed E-state index contributed by atoms with van der Waals surface area (Å²) in [5.74, 6) is -3.19. The number of carbonyl (C=O) groups excluding carboxylic acids is 3. The Morgan fingerprint density at radius 1 is 1.03 bits per heavy atom. The Bertz CT molecular complexity index is 994. The number of carboxylic acids is 1. The molecule has 1 aromatic heterocycles. The quantitative estimate of drug-likeness (QED) is 0.194. The molecule has 0 saturated carbocycles. The fourth-order valence-electron chi connectivity index (χ4n) is 3.24. The molecule has 190 valence electrons. The summed E-state index contributed by atoms with van der Waals surface area (Å²) in [4.78, 5) is 56.2. The van der Waals surface area contributed by atoms with Gasteiger partial charge in [0.15, 0.2) is 0 Å². The molecular formula is C23H32N6O6. The van der Waals surface area contributed by atoms with E-state index >= 15 is 0 Å². The first-order chi connectivity index (χ1) is 16.6. The molecule has 12 heteroatoms. The minimum absolute atomic E-state index is 0.0173. The number of aliphatic carboxylic acids is 1. The number of nitrogens with one attached hydrogen (secondary N) is 4. The minimum atomic E-state index is -1.23. The fourth-order valence-corrected chi connectivity index (χ4v) is 3.24. The predicted octanol–water partition coefficient (Wildman–Crippen LogP) is -0.556. The number of phenolic OH excluding ortho intramolecular Hbond substituents is 1. The summed E-state index contributed by atoms with van der Waals surface area (Å²) in [6, 6.07) is 3.07. The molecule has 4 atom stereocenters. The Hall–Kier alpha value is -3.93. The molecule has 12 nitrogen and oxygen atoms in total. The highest BCUT2D eigenvalue weighted by Crippen LogP contribution is 2.13. The van der Waals surface area contributed by atoms with Crippen LogP contribution in [-0.2, 0) is 32.0 Å². The van der Waals surface area contributed by atoms with Crippen molar-refractivity contribution in [2.75, 3.05) is 6.54 Å².